The molecule has 0 saturated heterocycles. The summed E-state index contributed by atoms with van der Waals surface area (Å²) in [6.45, 7) is 14.8. The lowest BCUT2D eigenvalue weighted by molar-refractivity contribution is -0.143. The Bertz CT molecular complexity index is 662. The minimum absolute atomic E-state index is 0.300. The summed E-state index contributed by atoms with van der Waals surface area (Å²) in [6.07, 6.45) is 1.13. The van der Waals surface area contributed by atoms with Crippen LogP contribution in [0, 0.1) is 5.92 Å². The van der Waals surface area contributed by atoms with E-state index in [1.807, 2.05) is 0 Å². The molecule has 1 atom stereocenters. The van der Waals surface area contributed by atoms with Crippen LogP contribution in [0.4, 0.5) is 0 Å². The Kier molecular flexibility index (Phi) is 37.6. The Morgan fingerprint density at radius 2 is 0.766 bits per heavy atom. The van der Waals surface area contributed by atoms with Gasteiger partial charge in [-0.3, -0.25) is 4.79 Å². The average molecular weight is 688 g/mol. The third-order valence-corrected chi connectivity index (χ3v) is 5.85. The van der Waals surface area contributed by atoms with Crippen LogP contribution in [0.15, 0.2) is 0 Å². The predicted molar refractivity (Wildman–Crippen MR) is 170 cm³/mol. The summed E-state index contributed by atoms with van der Waals surface area (Å²) in [5.41, 5.74) is 0. The zero-order valence-electron chi connectivity index (χ0n) is 28.6. The van der Waals surface area contributed by atoms with E-state index >= 15 is 0 Å². The number of carboxylic acid groups (broad SMARTS) is 1. The predicted octanol–water partition coefficient (Wildman–Crippen LogP) is 0.433. The van der Waals surface area contributed by atoms with Crippen LogP contribution in [-0.4, -0.2) is 182 Å². The molecule has 0 aliphatic heterocycles. The first kappa shape index (κ1) is 45.5. The van der Waals surface area contributed by atoms with Gasteiger partial charge in [-0.25, -0.2) is 4.79 Å². The molecule has 280 valence electrons. The van der Waals surface area contributed by atoms with E-state index in [4.69, 9.17) is 57.2 Å². The van der Waals surface area contributed by atoms with E-state index in [0.717, 1.165) is 13.0 Å². The van der Waals surface area contributed by atoms with E-state index in [-0.39, 0.29) is 6.61 Å². The van der Waals surface area contributed by atoms with Gasteiger partial charge in [0.1, 0.15) is 13.2 Å². The van der Waals surface area contributed by atoms with Crippen molar-refractivity contribution in [3.05, 3.63) is 0 Å². The molecular formula is C31H61NO15. The maximum atomic E-state index is 11.4. The van der Waals surface area contributed by atoms with Gasteiger partial charge in [-0.15, -0.1) is 0 Å². The number of carboxylic acids is 1. The van der Waals surface area contributed by atoms with Crippen LogP contribution in [0.25, 0.3) is 0 Å². The molecule has 0 aliphatic carbocycles. The zero-order valence-corrected chi connectivity index (χ0v) is 28.6. The summed E-state index contributed by atoms with van der Waals surface area (Å²) in [5.74, 6) is -0.930. The fraction of sp³-hybridized carbons (Fsp3) is 0.935. The summed E-state index contributed by atoms with van der Waals surface area (Å²) in [7, 11) is 0. The number of rotatable bonds is 40. The van der Waals surface area contributed by atoms with Crippen LogP contribution >= 0.6 is 0 Å². The molecule has 2 N–H and O–H groups in total. The Morgan fingerprint density at radius 3 is 1.06 bits per heavy atom. The van der Waals surface area contributed by atoms with Gasteiger partial charge in [-0.2, -0.15) is 0 Å². The Morgan fingerprint density at radius 1 is 0.468 bits per heavy atom. The number of hydrogen-bond donors (Lipinski definition) is 2. The first-order valence-corrected chi connectivity index (χ1v) is 16.5. The number of carbonyl (C=O) groups is 2. The largest absolute Gasteiger partial charge is 0.480 e. The lowest BCUT2D eigenvalue weighted by atomic mass is 10.1. The molecule has 0 aromatic carbocycles. The summed E-state index contributed by atoms with van der Waals surface area (Å²) in [6, 6.07) is 0. The third-order valence-electron chi connectivity index (χ3n) is 5.85. The highest BCUT2D eigenvalue weighted by Crippen LogP contribution is 2.00. The van der Waals surface area contributed by atoms with Gasteiger partial charge < -0.3 is 67.3 Å². The van der Waals surface area contributed by atoms with Crippen molar-refractivity contribution in [1.82, 2.24) is 5.32 Å². The van der Waals surface area contributed by atoms with Gasteiger partial charge >= 0.3 is 5.97 Å². The summed E-state index contributed by atoms with van der Waals surface area (Å²) in [4.78, 5) is 21.6. The molecule has 0 radical (unpaired) electrons. The van der Waals surface area contributed by atoms with E-state index in [1.165, 1.54) is 0 Å². The monoisotopic (exact) mass is 687 g/mol. The van der Waals surface area contributed by atoms with Gasteiger partial charge in [0.25, 0.3) is 0 Å². The minimum atomic E-state index is -1.12. The normalized spacial score (nSPS) is 12.0. The van der Waals surface area contributed by atoms with E-state index < -0.39 is 18.5 Å². The van der Waals surface area contributed by atoms with Crippen molar-refractivity contribution in [2.45, 2.75) is 20.3 Å². The van der Waals surface area contributed by atoms with Crippen LogP contribution in [0.5, 0.6) is 0 Å². The van der Waals surface area contributed by atoms with Crippen molar-refractivity contribution >= 4 is 11.9 Å². The van der Waals surface area contributed by atoms with Crippen LogP contribution in [0.3, 0.4) is 0 Å². The minimum Gasteiger partial charge on any atom is -0.480 e. The maximum absolute atomic E-state index is 11.4. The maximum Gasteiger partial charge on any atom is 0.329 e. The van der Waals surface area contributed by atoms with Crippen molar-refractivity contribution in [2.24, 2.45) is 5.92 Å². The molecule has 0 aromatic rings. The quantitative estimate of drug-likeness (QED) is 0.0848. The molecule has 0 saturated carbocycles. The molecule has 0 aromatic heterocycles. The van der Waals surface area contributed by atoms with Crippen molar-refractivity contribution in [3.8, 4) is 0 Å². The third kappa shape index (κ3) is 40.5. The van der Waals surface area contributed by atoms with Gasteiger partial charge in [0.2, 0.25) is 5.91 Å². The van der Waals surface area contributed by atoms with Crippen LogP contribution in [0.1, 0.15) is 20.3 Å². The molecule has 0 aliphatic rings. The highest BCUT2D eigenvalue weighted by atomic mass is 16.6. The van der Waals surface area contributed by atoms with E-state index in [0.29, 0.717) is 151 Å². The first-order chi connectivity index (χ1) is 23.1. The molecule has 0 heterocycles. The molecule has 0 spiro atoms. The van der Waals surface area contributed by atoms with Gasteiger partial charge in [-0.05, 0) is 5.92 Å². The van der Waals surface area contributed by atoms with Gasteiger partial charge in [0.05, 0.1) is 139 Å². The van der Waals surface area contributed by atoms with Crippen molar-refractivity contribution in [1.29, 1.82) is 0 Å². The molecule has 47 heavy (non-hydrogen) atoms. The molecule has 16 nitrogen and oxygen atoms in total. The van der Waals surface area contributed by atoms with E-state index in [9.17, 15) is 9.59 Å². The lowest BCUT2D eigenvalue weighted by Gasteiger charge is -2.10. The number of amides is 1. The van der Waals surface area contributed by atoms with E-state index in [1.54, 1.807) is 0 Å². The van der Waals surface area contributed by atoms with Crippen LogP contribution in [0.2, 0.25) is 0 Å². The Labute approximate surface area is 280 Å². The summed E-state index contributed by atoms with van der Waals surface area (Å²) in [5, 5.41) is 11.0. The number of hydrogen-bond acceptors (Lipinski definition) is 14. The molecular weight excluding hydrogens is 626 g/mol. The second kappa shape index (κ2) is 38.9. The highest BCUT2D eigenvalue weighted by molar-refractivity contribution is 5.77. The van der Waals surface area contributed by atoms with Crippen LogP contribution in [-0.2, 0) is 66.4 Å². The Hall–Kier alpha value is -1.54. The average Bonchev–Trinajstić information content (AvgIpc) is 3.06. The fourth-order valence-corrected chi connectivity index (χ4v) is 3.15. The molecule has 0 rings (SSSR count). The first-order valence-electron chi connectivity index (χ1n) is 16.5. The Balaban J connectivity index is 3.10. The van der Waals surface area contributed by atoms with Gasteiger partial charge in [-0.1, -0.05) is 20.3 Å². The molecule has 1 amide bonds. The second-order valence-corrected chi connectivity index (χ2v) is 9.95. The van der Waals surface area contributed by atoms with Crippen molar-refractivity contribution in [3.63, 3.8) is 0 Å². The molecule has 16 heteroatoms. The standard InChI is InChI=1S/C31H61NO15/c1-3-29(2)26-46-25-24-45-23-22-44-21-20-43-19-18-42-17-16-41-15-14-40-13-12-39-11-10-38-9-8-37-7-6-36-5-4-32-30(33)27-47-28-31(34)35/h29H,3-28H2,1-2H3,(H,32,33)(H,34,35). The number of carbonyl (C=O) groups excluding carboxylic acids is 1. The SMILES string of the molecule is CCC(C)COCCOCCOCCOCCOCCOCCOCCOCCOCCOCCOCCNC(=O)COCC(=O)O. The lowest BCUT2D eigenvalue weighted by Crippen LogP contribution is -2.31. The topological polar surface area (TPSA) is 177 Å². The molecule has 0 fully saturated rings. The molecule has 0 bridgehead atoms. The molecule has 1 unspecified atom stereocenters. The van der Waals surface area contributed by atoms with Crippen molar-refractivity contribution in [2.75, 3.05) is 165 Å². The number of nitrogens with one attached hydrogen (secondary N) is 1. The van der Waals surface area contributed by atoms with Crippen molar-refractivity contribution < 1.29 is 71.5 Å². The smallest absolute Gasteiger partial charge is 0.329 e. The number of ether oxygens (including phenoxy) is 12. The number of aliphatic carboxylic acids is 1. The second-order valence-electron chi connectivity index (χ2n) is 9.95. The highest BCUT2D eigenvalue weighted by Gasteiger charge is 2.03. The zero-order chi connectivity index (χ0) is 34.3. The van der Waals surface area contributed by atoms with Gasteiger partial charge in [0.15, 0.2) is 0 Å². The fourth-order valence-electron chi connectivity index (χ4n) is 3.15. The summed E-state index contributed by atoms with van der Waals surface area (Å²) >= 11 is 0. The van der Waals surface area contributed by atoms with Gasteiger partial charge in [0, 0.05) is 13.2 Å². The van der Waals surface area contributed by atoms with E-state index in [2.05, 4.69) is 23.9 Å². The summed E-state index contributed by atoms with van der Waals surface area (Å²) < 4.78 is 64.6. The van der Waals surface area contributed by atoms with Crippen LogP contribution < -0.4 is 5.32 Å².